The number of rotatable bonds is 6. The number of hydrogen-bond donors (Lipinski definition) is 0. The van der Waals surface area contributed by atoms with Gasteiger partial charge >= 0.3 is 0 Å². The second-order valence-electron chi connectivity index (χ2n) is 4.24. The van der Waals surface area contributed by atoms with Crippen LogP contribution in [0, 0.1) is 0 Å². The van der Waals surface area contributed by atoms with Gasteiger partial charge in [-0.05, 0) is 42.3 Å². The van der Waals surface area contributed by atoms with Gasteiger partial charge in [0.1, 0.15) is 0 Å². The summed E-state index contributed by atoms with van der Waals surface area (Å²) < 4.78 is 11.0. The van der Waals surface area contributed by atoms with Crippen LogP contribution in [0.4, 0.5) is 0 Å². The molecule has 2 aromatic rings. The van der Waals surface area contributed by atoms with Crippen LogP contribution >= 0.6 is 0 Å². The van der Waals surface area contributed by atoms with Gasteiger partial charge in [-0.2, -0.15) is 10.2 Å². The van der Waals surface area contributed by atoms with Gasteiger partial charge in [-0.25, -0.2) is 0 Å². The molecule has 0 aliphatic heterocycles. The van der Waals surface area contributed by atoms with Crippen molar-refractivity contribution in [1.82, 2.24) is 10.2 Å². The number of nitrogens with zero attached hydrogens (tertiary/aromatic N) is 2. The highest BCUT2D eigenvalue weighted by molar-refractivity contribution is 5.69. The maximum Gasteiger partial charge on any atom is 0.161 e. The molecule has 1 aromatic heterocycles. The van der Waals surface area contributed by atoms with Crippen molar-refractivity contribution >= 4 is 12.2 Å². The molecule has 0 saturated heterocycles. The van der Waals surface area contributed by atoms with Crippen LogP contribution in [0.5, 0.6) is 11.5 Å². The maximum absolute atomic E-state index is 5.62. The predicted octanol–water partition coefficient (Wildman–Crippen LogP) is 3.44. The molecule has 0 bridgehead atoms. The summed E-state index contributed by atoms with van der Waals surface area (Å²) in [5.41, 5.74) is 1.84. The minimum Gasteiger partial charge on any atom is -0.493 e. The Kier molecular flexibility index (Phi) is 5.12. The Hall–Kier alpha value is -2.36. The smallest absolute Gasteiger partial charge is 0.161 e. The van der Waals surface area contributed by atoms with Gasteiger partial charge in [0, 0.05) is 6.20 Å². The quantitative estimate of drug-likeness (QED) is 0.806. The summed E-state index contributed by atoms with van der Waals surface area (Å²) in [6.45, 7) is 2.76. The van der Waals surface area contributed by atoms with Crippen molar-refractivity contribution in [1.29, 1.82) is 0 Å². The number of benzene rings is 1. The molecule has 4 nitrogen and oxygen atoms in total. The standard InChI is InChI=1S/C16H18N2O2/c1-3-11-20-15-9-7-13(12-16(15)19-2)6-8-14-5-4-10-17-18-14/h4-10,12H,3,11H2,1-2H3. The molecule has 2 rings (SSSR count). The van der Waals surface area contributed by atoms with E-state index in [0.29, 0.717) is 6.61 Å². The summed E-state index contributed by atoms with van der Waals surface area (Å²) in [6.07, 6.45) is 6.50. The zero-order valence-corrected chi connectivity index (χ0v) is 11.7. The number of methoxy groups -OCH3 is 1. The van der Waals surface area contributed by atoms with Crippen molar-refractivity contribution in [2.24, 2.45) is 0 Å². The summed E-state index contributed by atoms with van der Waals surface area (Å²) in [6, 6.07) is 9.61. The molecule has 0 N–H and O–H groups in total. The molecule has 4 heteroatoms. The predicted molar refractivity (Wildman–Crippen MR) is 79.7 cm³/mol. The zero-order chi connectivity index (χ0) is 14.2. The molecular formula is C16H18N2O2. The van der Waals surface area contributed by atoms with Gasteiger partial charge in [-0.15, -0.1) is 0 Å². The third-order valence-corrected chi connectivity index (χ3v) is 2.69. The topological polar surface area (TPSA) is 44.2 Å². The molecule has 0 amide bonds. The van der Waals surface area contributed by atoms with Crippen molar-refractivity contribution in [3.05, 3.63) is 47.8 Å². The molecule has 1 heterocycles. The monoisotopic (exact) mass is 270 g/mol. The normalized spacial score (nSPS) is 10.7. The highest BCUT2D eigenvalue weighted by Gasteiger charge is 2.04. The van der Waals surface area contributed by atoms with Gasteiger partial charge in [0.2, 0.25) is 0 Å². The Morgan fingerprint density at radius 1 is 1.15 bits per heavy atom. The van der Waals surface area contributed by atoms with Gasteiger partial charge < -0.3 is 9.47 Å². The van der Waals surface area contributed by atoms with Crippen molar-refractivity contribution in [2.75, 3.05) is 13.7 Å². The lowest BCUT2D eigenvalue weighted by atomic mass is 10.1. The van der Waals surface area contributed by atoms with E-state index in [0.717, 1.165) is 29.2 Å². The highest BCUT2D eigenvalue weighted by atomic mass is 16.5. The third kappa shape index (κ3) is 3.82. The van der Waals surface area contributed by atoms with Crippen LogP contribution in [0.25, 0.3) is 12.2 Å². The van der Waals surface area contributed by atoms with Crippen molar-refractivity contribution in [3.63, 3.8) is 0 Å². The number of ether oxygens (including phenoxy) is 2. The Morgan fingerprint density at radius 2 is 2.05 bits per heavy atom. The lowest BCUT2D eigenvalue weighted by Gasteiger charge is -2.10. The molecule has 0 radical (unpaired) electrons. The Balaban J connectivity index is 2.15. The van der Waals surface area contributed by atoms with E-state index in [2.05, 4.69) is 17.1 Å². The van der Waals surface area contributed by atoms with Crippen LogP contribution < -0.4 is 9.47 Å². The first kappa shape index (κ1) is 14.1. The fourth-order valence-corrected chi connectivity index (χ4v) is 1.70. The van der Waals surface area contributed by atoms with Crippen LogP contribution in [0.3, 0.4) is 0 Å². The van der Waals surface area contributed by atoms with Gasteiger partial charge in [0.25, 0.3) is 0 Å². The molecule has 0 aliphatic rings. The fraction of sp³-hybridized carbons (Fsp3) is 0.250. The van der Waals surface area contributed by atoms with E-state index in [-0.39, 0.29) is 0 Å². The van der Waals surface area contributed by atoms with Gasteiger partial charge in [0.05, 0.1) is 19.4 Å². The molecule has 0 aliphatic carbocycles. The maximum atomic E-state index is 5.62. The molecule has 20 heavy (non-hydrogen) atoms. The summed E-state index contributed by atoms with van der Waals surface area (Å²) in [4.78, 5) is 0. The molecule has 0 saturated carbocycles. The average molecular weight is 270 g/mol. The fourth-order valence-electron chi connectivity index (χ4n) is 1.70. The van der Waals surface area contributed by atoms with Gasteiger partial charge in [-0.1, -0.05) is 19.1 Å². The van der Waals surface area contributed by atoms with Gasteiger partial charge in [-0.3, -0.25) is 0 Å². The number of aromatic nitrogens is 2. The van der Waals surface area contributed by atoms with Crippen molar-refractivity contribution in [2.45, 2.75) is 13.3 Å². The van der Waals surface area contributed by atoms with Crippen LogP contribution in [-0.4, -0.2) is 23.9 Å². The van der Waals surface area contributed by atoms with E-state index >= 15 is 0 Å². The molecular weight excluding hydrogens is 252 g/mol. The van der Waals surface area contributed by atoms with Crippen molar-refractivity contribution in [3.8, 4) is 11.5 Å². The summed E-state index contributed by atoms with van der Waals surface area (Å²) >= 11 is 0. The Morgan fingerprint density at radius 3 is 2.75 bits per heavy atom. The highest BCUT2D eigenvalue weighted by Crippen LogP contribution is 2.28. The van der Waals surface area contributed by atoms with Crippen LogP contribution in [0.15, 0.2) is 36.5 Å². The second-order valence-corrected chi connectivity index (χ2v) is 4.24. The third-order valence-electron chi connectivity index (χ3n) is 2.69. The minimum atomic E-state index is 0.686. The minimum absolute atomic E-state index is 0.686. The van der Waals surface area contributed by atoms with Gasteiger partial charge in [0.15, 0.2) is 11.5 Å². The largest absolute Gasteiger partial charge is 0.493 e. The van der Waals surface area contributed by atoms with E-state index < -0.39 is 0 Å². The Labute approximate surface area is 119 Å². The van der Waals surface area contributed by atoms with E-state index in [1.165, 1.54) is 0 Å². The molecule has 0 spiro atoms. The average Bonchev–Trinajstić information content (AvgIpc) is 2.52. The first-order valence-corrected chi connectivity index (χ1v) is 6.60. The Bertz CT molecular complexity index is 568. The molecule has 0 atom stereocenters. The molecule has 0 fully saturated rings. The SMILES string of the molecule is CCCOc1ccc(C=Cc2cccnn2)cc1OC. The summed E-state index contributed by atoms with van der Waals surface area (Å²) in [7, 11) is 1.64. The first-order valence-electron chi connectivity index (χ1n) is 6.60. The zero-order valence-electron chi connectivity index (χ0n) is 11.7. The van der Waals surface area contributed by atoms with Crippen LogP contribution in [0.2, 0.25) is 0 Å². The molecule has 104 valence electrons. The van der Waals surface area contributed by atoms with E-state index in [4.69, 9.17) is 9.47 Å². The van der Waals surface area contributed by atoms with E-state index in [1.54, 1.807) is 13.3 Å². The first-order chi connectivity index (χ1) is 9.83. The second kappa shape index (κ2) is 7.28. The number of hydrogen-bond acceptors (Lipinski definition) is 4. The van der Waals surface area contributed by atoms with E-state index in [1.807, 2.05) is 42.5 Å². The summed E-state index contributed by atoms with van der Waals surface area (Å²) in [5, 5.41) is 7.83. The van der Waals surface area contributed by atoms with Crippen molar-refractivity contribution < 1.29 is 9.47 Å². The van der Waals surface area contributed by atoms with Crippen LogP contribution in [-0.2, 0) is 0 Å². The van der Waals surface area contributed by atoms with E-state index in [9.17, 15) is 0 Å². The summed E-state index contributed by atoms with van der Waals surface area (Å²) in [5.74, 6) is 1.51. The lowest BCUT2D eigenvalue weighted by molar-refractivity contribution is 0.294. The molecule has 0 unspecified atom stereocenters. The van der Waals surface area contributed by atoms with Crippen LogP contribution in [0.1, 0.15) is 24.6 Å². The molecule has 1 aromatic carbocycles. The lowest BCUT2D eigenvalue weighted by Crippen LogP contribution is -1.97.